The maximum absolute atomic E-state index is 13.3. The first-order valence-corrected chi connectivity index (χ1v) is 6.23. The van der Waals surface area contributed by atoms with Crippen molar-refractivity contribution in [1.82, 2.24) is 0 Å². The van der Waals surface area contributed by atoms with E-state index in [2.05, 4.69) is 5.32 Å². The van der Waals surface area contributed by atoms with Crippen molar-refractivity contribution in [2.45, 2.75) is 18.9 Å². The Morgan fingerprint density at radius 2 is 2.33 bits per heavy atom. The standard InChI is InChI=1S/C13H17FN2O2/c14-11-5-1-2-6-12(11)16-13(17)9-15-8-10-4-3-7-18-10/h1-2,5-6,10,15H,3-4,7-9H2,(H,16,17)/p+1/t10-/m1/s1. The number of amides is 1. The molecule has 3 N–H and O–H groups in total. The Morgan fingerprint density at radius 3 is 3.06 bits per heavy atom. The lowest BCUT2D eigenvalue weighted by molar-refractivity contribution is -0.649. The van der Waals surface area contributed by atoms with E-state index in [4.69, 9.17) is 4.74 Å². The number of nitrogens with one attached hydrogen (secondary N) is 1. The highest BCUT2D eigenvalue weighted by Crippen LogP contribution is 2.11. The van der Waals surface area contributed by atoms with Crippen molar-refractivity contribution in [3.8, 4) is 0 Å². The number of nitrogens with two attached hydrogens (primary N) is 1. The minimum atomic E-state index is -0.412. The van der Waals surface area contributed by atoms with Gasteiger partial charge in [0.15, 0.2) is 6.54 Å². The molecular weight excluding hydrogens is 235 g/mol. The molecule has 1 fully saturated rings. The van der Waals surface area contributed by atoms with E-state index in [0.29, 0.717) is 0 Å². The molecule has 98 valence electrons. The van der Waals surface area contributed by atoms with Gasteiger partial charge in [-0.25, -0.2) is 4.39 Å². The Balaban J connectivity index is 1.70. The third-order valence-electron chi connectivity index (χ3n) is 2.93. The van der Waals surface area contributed by atoms with Crippen molar-refractivity contribution < 1.29 is 19.2 Å². The summed E-state index contributed by atoms with van der Waals surface area (Å²) in [4.78, 5) is 11.6. The molecular formula is C13H18FN2O2+. The number of hydrogen-bond acceptors (Lipinski definition) is 2. The normalized spacial score (nSPS) is 18.8. The van der Waals surface area contributed by atoms with E-state index in [1.54, 1.807) is 18.2 Å². The van der Waals surface area contributed by atoms with Gasteiger partial charge in [-0.15, -0.1) is 0 Å². The summed E-state index contributed by atoms with van der Waals surface area (Å²) in [6.07, 6.45) is 2.41. The Labute approximate surface area is 106 Å². The van der Waals surface area contributed by atoms with Gasteiger partial charge in [-0.05, 0) is 25.0 Å². The van der Waals surface area contributed by atoms with Crippen LogP contribution in [0, 0.1) is 5.82 Å². The van der Waals surface area contributed by atoms with E-state index in [1.807, 2.05) is 5.32 Å². The van der Waals surface area contributed by atoms with Crippen LogP contribution in [0.25, 0.3) is 0 Å². The minimum absolute atomic E-state index is 0.196. The van der Waals surface area contributed by atoms with Gasteiger partial charge >= 0.3 is 0 Å². The molecule has 0 aromatic heterocycles. The van der Waals surface area contributed by atoms with Crippen LogP contribution >= 0.6 is 0 Å². The number of rotatable bonds is 5. The van der Waals surface area contributed by atoms with Crippen LogP contribution < -0.4 is 10.6 Å². The molecule has 0 saturated carbocycles. The van der Waals surface area contributed by atoms with Gasteiger partial charge in [-0.3, -0.25) is 4.79 Å². The zero-order chi connectivity index (χ0) is 12.8. The smallest absolute Gasteiger partial charge is 0.279 e. The maximum Gasteiger partial charge on any atom is 0.279 e. The molecule has 1 atom stereocenters. The summed E-state index contributed by atoms with van der Waals surface area (Å²) in [5.41, 5.74) is 0.230. The second-order valence-electron chi connectivity index (χ2n) is 4.39. The SMILES string of the molecule is O=C(C[NH2+]C[C@H]1CCCO1)Nc1ccccc1F. The number of benzene rings is 1. The number of halogens is 1. The van der Waals surface area contributed by atoms with Crippen LogP contribution in [0.1, 0.15) is 12.8 Å². The van der Waals surface area contributed by atoms with Crippen LogP contribution in [-0.4, -0.2) is 31.7 Å². The second kappa shape index (κ2) is 6.47. The van der Waals surface area contributed by atoms with Crippen LogP contribution in [0.15, 0.2) is 24.3 Å². The molecule has 0 bridgehead atoms. The third kappa shape index (κ3) is 3.78. The Kier molecular flexibility index (Phi) is 4.66. The molecule has 1 aromatic carbocycles. The van der Waals surface area contributed by atoms with Crippen molar-refractivity contribution in [2.24, 2.45) is 0 Å². The lowest BCUT2D eigenvalue weighted by Gasteiger charge is -2.08. The van der Waals surface area contributed by atoms with E-state index >= 15 is 0 Å². The Morgan fingerprint density at radius 1 is 1.50 bits per heavy atom. The Bertz CT molecular complexity index is 406. The Hall–Kier alpha value is -1.46. The van der Waals surface area contributed by atoms with Gasteiger partial charge in [-0.2, -0.15) is 0 Å². The van der Waals surface area contributed by atoms with Crippen molar-refractivity contribution in [2.75, 3.05) is 25.0 Å². The van der Waals surface area contributed by atoms with Crippen molar-refractivity contribution in [3.05, 3.63) is 30.1 Å². The largest absolute Gasteiger partial charge is 0.372 e. The number of anilines is 1. The summed E-state index contributed by atoms with van der Waals surface area (Å²) in [5.74, 6) is -0.608. The van der Waals surface area contributed by atoms with Crippen molar-refractivity contribution in [1.29, 1.82) is 0 Å². The van der Waals surface area contributed by atoms with E-state index < -0.39 is 5.82 Å². The molecule has 0 unspecified atom stereocenters. The molecule has 0 aliphatic carbocycles. The summed E-state index contributed by atoms with van der Waals surface area (Å²) >= 11 is 0. The number of para-hydroxylation sites is 1. The average Bonchev–Trinajstić information content (AvgIpc) is 2.85. The highest BCUT2D eigenvalue weighted by Gasteiger charge is 2.17. The van der Waals surface area contributed by atoms with Crippen molar-refractivity contribution >= 4 is 11.6 Å². The fraction of sp³-hybridized carbons (Fsp3) is 0.462. The number of carbonyl (C=O) groups is 1. The van der Waals surface area contributed by atoms with Crippen LogP contribution in [0.2, 0.25) is 0 Å². The molecule has 1 aromatic rings. The molecule has 5 heteroatoms. The predicted molar refractivity (Wildman–Crippen MR) is 65.7 cm³/mol. The van der Waals surface area contributed by atoms with Gasteiger partial charge in [0.1, 0.15) is 18.5 Å². The molecule has 1 aliphatic rings. The summed E-state index contributed by atoms with van der Waals surface area (Å²) < 4.78 is 18.7. The maximum atomic E-state index is 13.3. The third-order valence-corrected chi connectivity index (χ3v) is 2.93. The summed E-state index contributed by atoms with van der Waals surface area (Å²) in [6, 6.07) is 6.16. The number of hydrogen-bond donors (Lipinski definition) is 2. The molecule has 0 spiro atoms. The fourth-order valence-electron chi connectivity index (χ4n) is 1.99. The minimum Gasteiger partial charge on any atom is -0.372 e. The fourth-order valence-corrected chi connectivity index (χ4v) is 1.99. The van der Waals surface area contributed by atoms with Crippen LogP contribution in [0.5, 0.6) is 0 Å². The summed E-state index contributed by atoms with van der Waals surface area (Å²) in [6.45, 7) is 1.89. The highest BCUT2D eigenvalue weighted by molar-refractivity contribution is 5.91. The van der Waals surface area contributed by atoms with E-state index in [0.717, 1.165) is 26.0 Å². The molecule has 1 aliphatic heterocycles. The summed E-state index contributed by atoms with van der Waals surface area (Å²) in [5, 5.41) is 4.44. The zero-order valence-electron chi connectivity index (χ0n) is 10.2. The topological polar surface area (TPSA) is 54.9 Å². The first-order chi connectivity index (χ1) is 8.75. The second-order valence-corrected chi connectivity index (χ2v) is 4.39. The predicted octanol–water partition coefficient (Wildman–Crippen LogP) is 0.507. The van der Waals surface area contributed by atoms with E-state index in [-0.39, 0.29) is 24.2 Å². The quantitative estimate of drug-likeness (QED) is 0.803. The van der Waals surface area contributed by atoms with Gasteiger partial charge < -0.3 is 15.4 Å². The van der Waals surface area contributed by atoms with Crippen LogP contribution in [0.4, 0.5) is 10.1 Å². The first-order valence-electron chi connectivity index (χ1n) is 6.23. The zero-order valence-corrected chi connectivity index (χ0v) is 10.2. The van der Waals surface area contributed by atoms with E-state index in [9.17, 15) is 9.18 Å². The van der Waals surface area contributed by atoms with Gasteiger partial charge in [0, 0.05) is 6.61 Å². The van der Waals surface area contributed by atoms with Gasteiger partial charge in [-0.1, -0.05) is 12.1 Å². The summed E-state index contributed by atoms with van der Waals surface area (Å²) in [7, 11) is 0. The molecule has 1 heterocycles. The first kappa shape index (κ1) is 13.0. The highest BCUT2D eigenvalue weighted by atomic mass is 19.1. The number of quaternary nitrogens is 1. The van der Waals surface area contributed by atoms with Crippen LogP contribution in [-0.2, 0) is 9.53 Å². The van der Waals surface area contributed by atoms with E-state index in [1.165, 1.54) is 6.07 Å². The lowest BCUT2D eigenvalue weighted by atomic mass is 10.2. The molecule has 18 heavy (non-hydrogen) atoms. The number of carbonyl (C=O) groups excluding carboxylic acids is 1. The molecule has 1 saturated heterocycles. The molecule has 4 nitrogen and oxygen atoms in total. The molecule has 1 amide bonds. The lowest BCUT2D eigenvalue weighted by Crippen LogP contribution is -2.88. The molecule has 2 rings (SSSR count). The average molecular weight is 253 g/mol. The molecule has 0 radical (unpaired) electrons. The van der Waals surface area contributed by atoms with Crippen molar-refractivity contribution in [3.63, 3.8) is 0 Å². The van der Waals surface area contributed by atoms with Gasteiger partial charge in [0.2, 0.25) is 0 Å². The van der Waals surface area contributed by atoms with Crippen LogP contribution in [0.3, 0.4) is 0 Å². The number of ether oxygens (including phenoxy) is 1. The monoisotopic (exact) mass is 253 g/mol. The van der Waals surface area contributed by atoms with Gasteiger partial charge in [0.25, 0.3) is 5.91 Å². The van der Waals surface area contributed by atoms with Gasteiger partial charge in [0.05, 0.1) is 5.69 Å².